The van der Waals surface area contributed by atoms with Gasteiger partial charge in [0.25, 0.3) is 0 Å². The highest BCUT2D eigenvalue weighted by Gasteiger charge is 1.98. The molecule has 0 atom stereocenters. The first kappa shape index (κ1) is 9.00. The molecule has 0 fully saturated rings. The first-order valence-electron chi connectivity index (χ1n) is 4.05. The summed E-state index contributed by atoms with van der Waals surface area (Å²) in [6, 6.07) is 3.83. The molecule has 1 aromatic rings. The summed E-state index contributed by atoms with van der Waals surface area (Å²) in [7, 11) is 2.01. The highest BCUT2D eigenvalue weighted by Crippen LogP contribution is 2.11. The molecule has 3 nitrogen and oxygen atoms in total. The molecule has 0 radical (unpaired) electrons. The van der Waals surface area contributed by atoms with E-state index in [1.54, 1.807) is 6.20 Å². The van der Waals surface area contributed by atoms with Gasteiger partial charge in [-0.1, -0.05) is 0 Å². The van der Waals surface area contributed by atoms with E-state index in [2.05, 4.69) is 16.8 Å². The number of aromatic nitrogens is 1. The lowest BCUT2D eigenvalue weighted by Gasteiger charge is -2.16. The van der Waals surface area contributed by atoms with Crippen molar-refractivity contribution < 1.29 is 5.11 Å². The maximum Gasteiger partial charge on any atom is 0.0853 e. The van der Waals surface area contributed by atoms with Gasteiger partial charge in [0.05, 0.1) is 12.3 Å². The third kappa shape index (κ3) is 1.95. The quantitative estimate of drug-likeness (QED) is 0.728. The van der Waals surface area contributed by atoms with Crippen LogP contribution in [0, 0.1) is 0 Å². The summed E-state index contributed by atoms with van der Waals surface area (Å²) in [6.45, 7) is 3.04. The number of anilines is 1. The van der Waals surface area contributed by atoms with Crippen molar-refractivity contribution in [1.29, 1.82) is 0 Å². The zero-order chi connectivity index (χ0) is 8.97. The first-order chi connectivity index (χ1) is 5.77. The van der Waals surface area contributed by atoms with E-state index in [0.717, 1.165) is 12.2 Å². The number of nitrogens with zero attached hydrogens (tertiary/aromatic N) is 2. The molecular formula is C9H14N2O. The molecule has 1 aromatic heterocycles. The second-order valence-corrected chi connectivity index (χ2v) is 2.68. The van der Waals surface area contributed by atoms with Crippen LogP contribution in [0.2, 0.25) is 0 Å². The molecule has 0 aliphatic rings. The van der Waals surface area contributed by atoms with Gasteiger partial charge in [0, 0.05) is 25.5 Å². The molecule has 0 aliphatic carbocycles. The average molecular weight is 166 g/mol. The summed E-state index contributed by atoms with van der Waals surface area (Å²) in [6.07, 6.45) is 1.72. The van der Waals surface area contributed by atoms with Crippen LogP contribution in [0.3, 0.4) is 0 Å². The van der Waals surface area contributed by atoms with Crippen LogP contribution in [0.25, 0.3) is 0 Å². The summed E-state index contributed by atoms with van der Waals surface area (Å²) < 4.78 is 0. The Kier molecular flexibility index (Phi) is 3.05. The zero-order valence-electron chi connectivity index (χ0n) is 7.49. The SMILES string of the molecule is CCN(C)c1ccnc(CO)c1. The molecule has 0 bridgehead atoms. The maximum atomic E-state index is 8.84. The van der Waals surface area contributed by atoms with E-state index in [1.807, 2.05) is 19.2 Å². The minimum atomic E-state index is 0.00535. The fourth-order valence-corrected chi connectivity index (χ4v) is 0.972. The second-order valence-electron chi connectivity index (χ2n) is 2.68. The number of pyridine rings is 1. The van der Waals surface area contributed by atoms with Gasteiger partial charge in [-0.05, 0) is 19.1 Å². The topological polar surface area (TPSA) is 36.4 Å². The fourth-order valence-electron chi connectivity index (χ4n) is 0.972. The van der Waals surface area contributed by atoms with Crippen LogP contribution in [-0.2, 0) is 6.61 Å². The third-order valence-corrected chi connectivity index (χ3v) is 1.88. The smallest absolute Gasteiger partial charge is 0.0853 e. The Morgan fingerprint density at radius 2 is 2.33 bits per heavy atom. The Bertz CT molecular complexity index is 250. The average Bonchev–Trinajstić information content (AvgIpc) is 2.17. The Hall–Kier alpha value is -1.09. The molecule has 0 unspecified atom stereocenters. The molecular weight excluding hydrogens is 152 g/mol. The monoisotopic (exact) mass is 166 g/mol. The standard InChI is InChI=1S/C9H14N2O/c1-3-11(2)9-4-5-10-8(6-9)7-12/h4-6,12H,3,7H2,1-2H3. The van der Waals surface area contributed by atoms with E-state index in [0.29, 0.717) is 5.69 Å². The van der Waals surface area contributed by atoms with Gasteiger partial charge in [0.2, 0.25) is 0 Å². The predicted octanol–water partition coefficient (Wildman–Crippen LogP) is 1.03. The molecule has 0 amide bonds. The summed E-state index contributed by atoms with van der Waals surface area (Å²) in [4.78, 5) is 6.10. The molecule has 0 saturated carbocycles. The van der Waals surface area contributed by atoms with Crippen LogP contribution in [0.1, 0.15) is 12.6 Å². The number of hydrogen-bond acceptors (Lipinski definition) is 3. The summed E-state index contributed by atoms with van der Waals surface area (Å²) in [5.74, 6) is 0. The van der Waals surface area contributed by atoms with Crippen molar-refractivity contribution in [3.05, 3.63) is 24.0 Å². The molecule has 1 N–H and O–H groups in total. The minimum absolute atomic E-state index is 0.00535. The van der Waals surface area contributed by atoms with Gasteiger partial charge in [-0.2, -0.15) is 0 Å². The normalized spacial score (nSPS) is 9.92. The second kappa shape index (κ2) is 4.07. The van der Waals surface area contributed by atoms with Crippen LogP contribution in [-0.4, -0.2) is 23.7 Å². The third-order valence-electron chi connectivity index (χ3n) is 1.88. The van der Waals surface area contributed by atoms with Crippen molar-refractivity contribution in [1.82, 2.24) is 4.98 Å². The summed E-state index contributed by atoms with van der Waals surface area (Å²) in [5, 5.41) is 8.84. The van der Waals surface area contributed by atoms with Gasteiger partial charge in [-0.3, -0.25) is 4.98 Å². The van der Waals surface area contributed by atoms with Crippen molar-refractivity contribution in [2.24, 2.45) is 0 Å². The van der Waals surface area contributed by atoms with Crippen molar-refractivity contribution in [3.63, 3.8) is 0 Å². The number of rotatable bonds is 3. The lowest BCUT2D eigenvalue weighted by Crippen LogP contribution is -2.15. The Morgan fingerprint density at radius 3 is 2.92 bits per heavy atom. The number of hydrogen-bond donors (Lipinski definition) is 1. The molecule has 12 heavy (non-hydrogen) atoms. The molecule has 0 aliphatic heterocycles. The molecule has 1 rings (SSSR count). The predicted molar refractivity (Wildman–Crippen MR) is 49.1 cm³/mol. The van der Waals surface area contributed by atoms with Gasteiger partial charge < -0.3 is 10.0 Å². The Labute approximate surface area is 72.7 Å². The van der Waals surface area contributed by atoms with Gasteiger partial charge in [0.15, 0.2) is 0 Å². The molecule has 66 valence electrons. The molecule has 1 heterocycles. The minimum Gasteiger partial charge on any atom is -0.390 e. The molecule has 3 heteroatoms. The van der Waals surface area contributed by atoms with Crippen molar-refractivity contribution >= 4 is 5.69 Å². The first-order valence-corrected chi connectivity index (χ1v) is 4.05. The van der Waals surface area contributed by atoms with Crippen LogP contribution >= 0.6 is 0 Å². The molecule has 0 saturated heterocycles. The maximum absolute atomic E-state index is 8.84. The number of aliphatic hydroxyl groups excluding tert-OH is 1. The summed E-state index contributed by atoms with van der Waals surface area (Å²) in [5.41, 5.74) is 1.81. The largest absolute Gasteiger partial charge is 0.390 e. The van der Waals surface area contributed by atoms with Crippen LogP contribution in [0.15, 0.2) is 18.3 Å². The lowest BCUT2D eigenvalue weighted by molar-refractivity contribution is 0.277. The summed E-state index contributed by atoms with van der Waals surface area (Å²) >= 11 is 0. The van der Waals surface area contributed by atoms with Gasteiger partial charge >= 0.3 is 0 Å². The van der Waals surface area contributed by atoms with Crippen molar-refractivity contribution in [2.75, 3.05) is 18.5 Å². The fraction of sp³-hybridized carbons (Fsp3) is 0.444. The molecule has 0 aromatic carbocycles. The van der Waals surface area contributed by atoms with Crippen molar-refractivity contribution in [3.8, 4) is 0 Å². The Morgan fingerprint density at radius 1 is 1.58 bits per heavy atom. The Balaban J connectivity index is 2.86. The van der Waals surface area contributed by atoms with E-state index in [4.69, 9.17) is 5.11 Å². The van der Waals surface area contributed by atoms with E-state index in [9.17, 15) is 0 Å². The van der Waals surface area contributed by atoms with Crippen molar-refractivity contribution in [2.45, 2.75) is 13.5 Å². The van der Waals surface area contributed by atoms with Crippen LogP contribution < -0.4 is 4.90 Å². The van der Waals surface area contributed by atoms with Gasteiger partial charge in [-0.25, -0.2) is 0 Å². The number of aliphatic hydroxyl groups is 1. The highest BCUT2D eigenvalue weighted by molar-refractivity contribution is 5.45. The zero-order valence-corrected chi connectivity index (χ0v) is 7.49. The van der Waals surface area contributed by atoms with E-state index < -0.39 is 0 Å². The van der Waals surface area contributed by atoms with E-state index >= 15 is 0 Å². The highest BCUT2D eigenvalue weighted by atomic mass is 16.3. The van der Waals surface area contributed by atoms with Crippen LogP contribution in [0.5, 0.6) is 0 Å². The van der Waals surface area contributed by atoms with E-state index in [1.165, 1.54) is 0 Å². The van der Waals surface area contributed by atoms with Gasteiger partial charge in [-0.15, -0.1) is 0 Å². The molecule has 0 spiro atoms. The van der Waals surface area contributed by atoms with Crippen LogP contribution in [0.4, 0.5) is 5.69 Å². The lowest BCUT2D eigenvalue weighted by atomic mass is 10.3. The van der Waals surface area contributed by atoms with E-state index in [-0.39, 0.29) is 6.61 Å². The van der Waals surface area contributed by atoms with Gasteiger partial charge in [0.1, 0.15) is 0 Å².